The zero-order valence-corrected chi connectivity index (χ0v) is 14.6. The summed E-state index contributed by atoms with van der Waals surface area (Å²) in [6.45, 7) is 3.71. The number of likely N-dealkylation sites (tertiary alicyclic amines) is 1. The molecule has 1 aromatic rings. The Labute approximate surface area is 147 Å². The summed E-state index contributed by atoms with van der Waals surface area (Å²) < 4.78 is 0. The van der Waals surface area contributed by atoms with E-state index in [1.54, 1.807) is 0 Å². The van der Waals surface area contributed by atoms with Gasteiger partial charge >= 0.3 is 0 Å². The summed E-state index contributed by atoms with van der Waals surface area (Å²) in [7, 11) is 0. The lowest BCUT2D eigenvalue weighted by Crippen LogP contribution is -2.47. The summed E-state index contributed by atoms with van der Waals surface area (Å²) in [5.41, 5.74) is 0.824. The van der Waals surface area contributed by atoms with Crippen LogP contribution in [0.15, 0.2) is 24.3 Å². The van der Waals surface area contributed by atoms with Crippen LogP contribution in [-0.4, -0.2) is 42.9 Å². The average Bonchev–Trinajstić information content (AvgIpc) is 2.99. The van der Waals surface area contributed by atoms with Crippen LogP contribution in [0.25, 0.3) is 0 Å². The predicted octanol–water partition coefficient (Wildman–Crippen LogP) is 1.95. The molecule has 5 nitrogen and oxygen atoms in total. The van der Waals surface area contributed by atoms with Gasteiger partial charge in [-0.2, -0.15) is 0 Å². The second-order valence-electron chi connectivity index (χ2n) is 6.82. The number of hydrogen-bond acceptors (Lipinski definition) is 3. The first-order valence-corrected chi connectivity index (χ1v) is 8.97. The number of nitrogens with one attached hydrogen (secondary N) is 2. The van der Waals surface area contributed by atoms with Crippen LogP contribution < -0.4 is 10.6 Å². The quantitative estimate of drug-likeness (QED) is 0.854. The van der Waals surface area contributed by atoms with Crippen LogP contribution >= 0.6 is 11.6 Å². The van der Waals surface area contributed by atoms with Gasteiger partial charge in [-0.1, -0.05) is 23.7 Å². The third kappa shape index (κ3) is 4.08. The molecule has 0 aromatic heterocycles. The molecule has 2 saturated heterocycles. The molecule has 2 heterocycles. The molecule has 2 amide bonds. The molecule has 2 aliphatic rings. The average molecular weight is 350 g/mol. The normalized spacial score (nSPS) is 24.1. The molecular formula is C18H24ClN3O2. The number of halogens is 1. The minimum Gasteiger partial charge on any atom is -0.356 e. The standard InChI is InChI=1S/C18H24ClN3O2/c19-15-4-2-14(3-5-15)12-21-16(23)6-10-22-11-8-18(13-22)7-1-9-20-17(18)24/h2-5H,1,6-13H2,(H,20,24)(H,21,23)/t18-/m0/s1. The molecule has 0 radical (unpaired) electrons. The molecule has 6 heteroatoms. The van der Waals surface area contributed by atoms with Crippen LogP contribution in [0.4, 0.5) is 0 Å². The van der Waals surface area contributed by atoms with E-state index >= 15 is 0 Å². The Morgan fingerprint density at radius 1 is 1.29 bits per heavy atom. The first-order valence-electron chi connectivity index (χ1n) is 8.59. The lowest BCUT2D eigenvalue weighted by atomic mass is 9.79. The number of benzene rings is 1. The molecule has 1 spiro atoms. The van der Waals surface area contributed by atoms with Crippen molar-refractivity contribution < 1.29 is 9.59 Å². The van der Waals surface area contributed by atoms with E-state index in [2.05, 4.69) is 15.5 Å². The maximum Gasteiger partial charge on any atom is 0.227 e. The number of carbonyl (C=O) groups excluding carboxylic acids is 2. The summed E-state index contributed by atoms with van der Waals surface area (Å²) in [4.78, 5) is 26.4. The van der Waals surface area contributed by atoms with Gasteiger partial charge in [-0.3, -0.25) is 9.59 Å². The van der Waals surface area contributed by atoms with Gasteiger partial charge in [-0.25, -0.2) is 0 Å². The van der Waals surface area contributed by atoms with Crippen molar-refractivity contribution in [3.05, 3.63) is 34.9 Å². The molecule has 0 unspecified atom stereocenters. The van der Waals surface area contributed by atoms with Crippen LogP contribution in [0.2, 0.25) is 5.02 Å². The Bertz CT molecular complexity index is 605. The van der Waals surface area contributed by atoms with E-state index < -0.39 is 0 Å². The van der Waals surface area contributed by atoms with Gasteiger partial charge in [0, 0.05) is 37.6 Å². The fourth-order valence-corrected chi connectivity index (χ4v) is 3.75. The molecule has 2 aliphatic heterocycles. The molecular weight excluding hydrogens is 326 g/mol. The van der Waals surface area contributed by atoms with Crippen LogP contribution in [-0.2, 0) is 16.1 Å². The minimum absolute atomic E-state index is 0.0407. The lowest BCUT2D eigenvalue weighted by Gasteiger charge is -2.32. The van der Waals surface area contributed by atoms with Gasteiger partial charge in [0.15, 0.2) is 0 Å². The first kappa shape index (κ1) is 17.2. The van der Waals surface area contributed by atoms with E-state index in [9.17, 15) is 9.59 Å². The van der Waals surface area contributed by atoms with E-state index in [4.69, 9.17) is 11.6 Å². The monoisotopic (exact) mass is 349 g/mol. The molecule has 3 rings (SSSR count). The van der Waals surface area contributed by atoms with Crippen LogP contribution in [0.3, 0.4) is 0 Å². The summed E-state index contributed by atoms with van der Waals surface area (Å²) in [5, 5.41) is 6.62. The van der Waals surface area contributed by atoms with Crippen molar-refractivity contribution in [3.63, 3.8) is 0 Å². The number of rotatable bonds is 5. The highest BCUT2D eigenvalue weighted by Gasteiger charge is 2.45. The van der Waals surface area contributed by atoms with Gasteiger partial charge in [0.2, 0.25) is 11.8 Å². The van der Waals surface area contributed by atoms with Gasteiger partial charge in [-0.05, 0) is 43.5 Å². The maximum absolute atomic E-state index is 12.2. The van der Waals surface area contributed by atoms with Crippen molar-refractivity contribution in [1.82, 2.24) is 15.5 Å². The SMILES string of the molecule is O=C(CCN1CC[C@@]2(CCCNC2=O)C1)NCc1ccc(Cl)cc1. The van der Waals surface area contributed by atoms with Crippen molar-refractivity contribution in [2.45, 2.75) is 32.2 Å². The Hall–Kier alpha value is -1.59. The smallest absolute Gasteiger partial charge is 0.227 e. The van der Waals surface area contributed by atoms with Gasteiger partial charge in [0.25, 0.3) is 0 Å². The fourth-order valence-electron chi connectivity index (χ4n) is 3.62. The molecule has 24 heavy (non-hydrogen) atoms. The molecule has 0 bridgehead atoms. The molecule has 2 N–H and O–H groups in total. The summed E-state index contributed by atoms with van der Waals surface area (Å²) in [6, 6.07) is 7.47. The van der Waals surface area contributed by atoms with E-state index in [1.165, 1.54) is 0 Å². The van der Waals surface area contributed by atoms with E-state index in [-0.39, 0.29) is 17.2 Å². The molecule has 1 aromatic carbocycles. The Morgan fingerprint density at radius 3 is 2.83 bits per heavy atom. The fraction of sp³-hybridized carbons (Fsp3) is 0.556. The Morgan fingerprint density at radius 2 is 2.08 bits per heavy atom. The highest BCUT2D eigenvalue weighted by atomic mass is 35.5. The second kappa shape index (κ2) is 7.53. The molecule has 130 valence electrons. The third-order valence-electron chi connectivity index (χ3n) is 5.09. The summed E-state index contributed by atoms with van der Waals surface area (Å²) in [5.74, 6) is 0.238. The molecule has 1 atom stereocenters. The second-order valence-corrected chi connectivity index (χ2v) is 7.26. The zero-order valence-electron chi connectivity index (χ0n) is 13.8. The van der Waals surface area contributed by atoms with Gasteiger partial charge in [-0.15, -0.1) is 0 Å². The van der Waals surface area contributed by atoms with Crippen molar-refractivity contribution in [1.29, 1.82) is 0 Å². The number of nitrogens with zero attached hydrogens (tertiary/aromatic N) is 1. The van der Waals surface area contributed by atoms with Crippen molar-refractivity contribution in [2.24, 2.45) is 5.41 Å². The Balaban J connectivity index is 1.40. The Kier molecular flexibility index (Phi) is 5.41. The number of hydrogen-bond donors (Lipinski definition) is 2. The highest BCUT2D eigenvalue weighted by molar-refractivity contribution is 6.30. The lowest BCUT2D eigenvalue weighted by molar-refractivity contribution is -0.132. The van der Waals surface area contributed by atoms with Crippen LogP contribution in [0.5, 0.6) is 0 Å². The topological polar surface area (TPSA) is 61.4 Å². The van der Waals surface area contributed by atoms with Gasteiger partial charge in [0.05, 0.1) is 5.41 Å². The number of carbonyl (C=O) groups is 2. The number of piperidine rings is 1. The molecule has 0 saturated carbocycles. The van der Waals surface area contributed by atoms with Crippen LogP contribution in [0, 0.1) is 5.41 Å². The number of amides is 2. The summed E-state index contributed by atoms with van der Waals surface area (Å²) in [6.07, 6.45) is 3.40. The van der Waals surface area contributed by atoms with Gasteiger partial charge < -0.3 is 15.5 Å². The van der Waals surface area contributed by atoms with E-state index in [0.717, 1.165) is 44.5 Å². The largest absolute Gasteiger partial charge is 0.356 e. The molecule has 2 fully saturated rings. The van der Waals surface area contributed by atoms with Crippen LogP contribution in [0.1, 0.15) is 31.2 Å². The van der Waals surface area contributed by atoms with Crippen molar-refractivity contribution >= 4 is 23.4 Å². The zero-order chi connectivity index (χ0) is 17.0. The van der Waals surface area contributed by atoms with E-state index in [0.29, 0.717) is 24.5 Å². The van der Waals surface area contributed by atoms with Crippen molar-refractivity contribution in [3.8, 4) is 0 Å². The maximum atomic E-state index is 12.2. The first-order chi connectivity index (χ1) is 11.6. The highest BCUT2D eigenvalue weighted by Crippen LogP contribution is 2.37. The molecule has 0 aliphatic carbocycles. The summed E-state index contributed by atoms with van der Waals surface area (Å²) >= 11 is 5.85. The van der Waals surface area contributed by atoms with Gasteiger partial charge in [0.1, 0.15) is 0 Å². The predicted molar refractivity (Wildman–Crippen MR) is 93.6 cm³/mol. The van der Waals surface area contributed by atoms with Crippen molar-refractivity contribution in [2.75, 3.05) is 26.2 Å². The third-order valence-corrected chi connectivity index (χ3v) is 5.34. The van der Waals surface area contributed by atoms with E-state index in [1.807, 2.05) is 24.3 Å². The minimum atomic E-state index is -0.210.